The zero-order chi connectivity index (χ0) is 19.9. The van der Waals surface area contributed by atoms with E-state index in [1.807, 2.05) is 24.3 Å². The molecule has 4 rings (SSSR count). The zero-order valence-corrected chi connectivity index (χ0v) is 17.0. The van der Waals surface area contributed by atoms with E-state index in [4.69, 9.17) is 0 Å². The van der Waals surface area contributed by atoms with Crippen LogP contribution in [0.25, 0.3) is 0 Å². The van der Waals surface area contributed by atoms with Crippen LogP contribution in [-0.4, -0.2) is 37.8 Å². The van der Waals surface area contributed by atoms with Crippen LogP contribution in [0.2, 0.25) is 0 Å². The number of nitrogens with zero attached hydrogens (tertiary/aromatic N) is 1. The highest BCUT2D eigenvalue weighted by Gasteiger charge is 2.28. The minimum atomic E-state index is -3.63. The van der Waals surface area contributed by atoms with Gasteiger partial charge in [0.2, 0.25) is 11.8 Å². The molecule has 2 amide bonds. The number of hydrogen-bond donors (Lipinski definition) is 1. The van der Waals surface area contributed by atoms with Crippen molar-refractivity contribution >= 4 is 44.8 Å². The number of nitrogens with one attached hydrogen (secondary N) is 1. The summed E-state index contributed by atoms with van der Waals surface area (Å²) < 4.78 is 25.5. The van der Waals surface area contributed by atoms with Crippen LogP contribution in [0, 0.1) is 0 Å². The Morgan fingerprint density at radius 3 is 2.86 bits per heavy atom. The first kappa shape index (κ1) is 19.0. The van der Waals surface area contributed by atoms with Crippen LogP contribution in [0.3, 0.4) is 0 Å². The van der Waals surface area contributed by atoms with E-state index in [2.05, 4.69) is 5.32 Å². The number of thioether (sulfide) groups is 1. The Bertz CT molecular complexity index is 1070. The van der Waals surface area contributed by atoms with Crippen LogP contribution in [0.15, 0.2) is 52.3 Å². The Morgan fingerprint density at radius 1 is 1.25 bits per heavy atom. The van der Waals surface area contributed by atoms with Crippen LogP contribution in [0.1, 0.15) is 18.9 Å². The molecule has 0 aliphatic carbocycles. The third kappa shape index (κ3) is 3.54. The third-order valence-electron chi connectivity index (χ3n) is 5.01. The van der Waals surface area contributed by atoms with Crippen LogP contribution >= 0.6 is 11.8 Å². The van der Waals surface area contributed by atoms with Gasteiger partial charge in [-0.05, 0) is 43.2 Å². The molecule has 0 unspecified atom stereocenters. The van der Waals surface area contributed by atoms with Crippen molar-refractivity contribution in [3.05, 3.63) is 48.0 Å². The number of anilines is 2. The number of carbonyl (C=O) groups is 2. The van der Waals surface area contributed by atoms with E-state index in [1.54, 1.807) is 24.0 Å². The van der Waals surface area contributed by atoms with Crippen molar-refractivity contribution in [1.82, 2.24) is 0 Å². The normalized spacial score (nSPS) is 18.4. The molecule has 1 N–H and O–H groups in total. The quantitative estimate of drug-likeness (QED) is 0.829. The number of carbonyl (C=O) groups excluding carboxylic acids is 2. The molecule has 2 aromatic rings. The van der Waals surface area contributed by atoms with E-state index in [-0.39, 0.29) is 34.1 Å². The highest BCUT2D eigenvalue weighted by Crippen LogP contribution is 2.37. The summed E-state index contributed by atoms with van der Waals surface area (Å²) in [6.07, 6.45) is 0.709. The van der Waals surface area contributed by atoms with Crippen molar-refractivity contribution in [2.75, 3.05) is 22.5 Å². The fourth-order valence-electron chi connectivity index (χ4n) is 3.45. The molecule has 6 nitrogen and oxygen atoms in total. The van der Waals surface area contributed by atoms with Crippen molar-refractivity contribution < 1.29 is 18.0 Å². The van der Waals surface area contributed by atoms with Gasteiger partial charge in [-0.2, -0.15) is 0 Å². The lowest BCUT2D eigenvalue weighted by atomic mass is 10.2. The fourth-order valence-corrected chi connectivity index (χ4v) is 5.64. The Hall–Kier alpha value is -2.32. The van der Waals surface area contributed by atoms with Crippen molar-refractivity contribution in [3.63, 3.8) is 0 Å². The molecule has 0 spiro atoms. The minimum Gasteiger partial charge on any atom is -0.324 e. The average Bonchev–Trinajstić information content (AvgIpc) is 3.11. The summed E-state index contributed by atoms with van der Waals surface area (Å²) in [5, 5.41) is 2.53. The van der Waals surface area contributed by atoms with Gasteiger partial charge in [-0.1, -0.05) is 18.2 Å². The first-order chi connectivity index (χ1) is 13.3. The molecule has 0 saturated carbocycles. The largest absolute Gasteiger partial charge is 0.324 e. The molecule has 2 aliphatic heterocycles. The van der Waals surface area contributed by atoms with Gasteiger partial charge in [-0.25, -0.2) is 8.42 Å². The molecular weight excluding hydrogens is 396 g/mol. The molecule has 2 heterocycles. The summed E-state index contributed by atoms with van der Waals surface area (Å²) in [6, 6.07) is 12.4. The molecule has 28 heavy (non-hydrogen) atoms. The molecule has 8 heteroatoms. The fraction of sp³-hybridized carbons (Fsp3) is 0.300. The Balaban J connectivity index is 1.47. The lowest BCUT2D eigenvalue weighted by Crippen LogP contribution is -2.30. The van der Waals surface area contributed by atoms with E-state index in [0.717, 1.165) is 22.6 Å². The lowest BCUT2D eigenvalue weighted by molar-refractivity contribution is -0.118. The number of fused-ring (bicyclic) bond motifs is 2. The molecule has 0 bridgehead atoms. The lowest BCUT2D eigenvalue weighted by Gasteiger charge is -2.22. The van der Waals surface area contributed by atoms with Crippen LogP contribution in [0.4, 0.5) is 11.4 Å². The summed E-state index contributed by atoms with van der Waals surface area (Å²) in [7, 11) is -3.63. The number of benzene rings is 2. The number of rotatable bonds is 4. The van der Waals surface area contributed by atoms with Crippen molar-refractivity contribution in [3.8, 4) is 0 Å². The molecule has 2 aliphatic rings. The van der Waals surface area contributed by atoms with Gasteiger partial charge in [0.1, 0.15) is 0 Å². The molecule has 0 radical (unpaired) electrons. The maximum Gasteiger partial charge on any atom is 0.237 e. The van der Waals surface area contributed by atoms with Gasteiger partial charge in [0.15, 0.2) is 9.84 Å². The number of sulfone groups is 1. The average molecular weight is 417 g/mol. The number of para-hydroxylation sites is 1. The first-order valence-corrected chi connectivity index (χ1v) is 11.6. The second-order valence-electron chi connectivity index (χ2n) is 6.90. The Labute approximate surface area is 168 Å². The molecule has 0 fully saturated rings. The van der Waals surface area contributed by atoms with E-state index in [1.165, 1.54) is 17.8 Å². The molecule has 0 aromatic heterocycles. The first-order valence-electron chi connectivity index (χ1n) is 9.08. The highest BCUT2D eigenvalue weighted by atomic mass is 32.2. The maximum absolute atomic E-state index is 12.7. The topological polar surface area (TPSA) is 83.6 Å². The smallest absolute Gasteiger partial charge is 0.237 e. The van der Waals surface area contributed by atoms with Gasteiger partial charge in [0.25, 0.3) is 0 Å². The second-order valence-corrected chi connectivity index (χ2v) is 10.4. The summed E-state index contributed by atoms with van der Waals surface area (Å²) in [6.45, 7) is 2.38. The van der Waals surface area contributed by atoms with Gasteiger partial charge in [-0.15, -0.1) is 11.8 Å². The summed E-state index contributed by atoms with van der Waals surface area (Å²) in [5.41, 5.74) is 2.48. The summed E-state index contributed by atoms with van der Waals surface area (Å²) in [4.78, 5) is 27.1. The van der Waals surface area contributed by atoms with Crippen molar-refractivity contribution in [2.24, 2.45) is 0 Å². The Morgan fingerprint density at radius 2 is 2.04 bits per heavy atom. The van der Waals surface area contributed by atoms with Gasteiger partial charge < -0.3 is 10.2 Å². The van der Waals surface area contributed by atoms with Gasteiger partial charge in [0, 0.05) is 23.5 Å². The van der Waals surface area contributed by atoms with Crippen LogP contribution < -0.4 is 10.2 Å². The highest BCUT2D eigenvalue weighted by molar-refractivity contribution is 8.01. The predicted octanol–water partition coefficient (Wildman–Crippen LogP) is 2.87. The van der Waals surface area contributed by atoms with E-state index in [0.29, 0.717) is 12.2 Å². The van der Waals surface area contributed by atoms with Crippen molar-refractivity contribution in [1.29, 1.82) is 0 Å². The number of amides is 2. The maximum atomic E-state index is 12.7. The van der Waals surface area contributed by atoms with Gasteiger partial charge in [0.05, 0.1) is 21.6 Å². The van der Waals surface area contributed by atoms with E-state index in [9.17, 15) is 18.0 Å². The predicted molar refractivity (Wildman–Crippen MR) is 110 cm³/mol. The second kappa shape index (κ2) is 7.25. The van der Waals surface area contributed by atoms with Gasteiger partial charge in [-0.3, -0.25) is 9.59 Å². The standard InChI is InChI=1S/C20H20N2O4S2/c1-13-20(24)21-16-12-15(6-7-18(16)27-13)28(25,26)11-9-19(23)22-10-8-14-4-2-3-5-17(14)22/h2-7,12-13H,8-11H2,1H3,(H,21,24)/t13-/m1/s1. The van der Waals surface area contributed by atoms with Gasteiger partial charge >= 0.3 is 0 Å². The van der Waals surface area contributed by atoms with Crippen LogP contribution in [0.5, 0.6) is 0 Å². The Kier molecular flexibility index (Phi) is 4.93. The summed E-state index contributed by atoms with van der Waals surface area (Å²) in [5.74, 6) is -0.597. The molecule has 1 atom stereocenters. The third-order valence-corrected chi connectivity index (χ3v) is 7.91. The molecule has 146 valence electrons. The zero-order valence-electron chi connectivity index (χ0n) is 15.3. The summed E-state index contributed by atoms with van der Waals surface area (Å²) >= 11 is 1.40. The van der Waals surface area contributed by atoms with E-state index < -0.39 is 9.84 Å². The molecule has 0 saturated heterocycles. The van der Waals surface area contributed by atoms with Crippen LogP contribution in [-0.2, 0) is 25.8 Å². The molecular formula is C20H20N2O4S2. The van der Waals surface area contributed by atoms with Crippen molar-refractivity contribution in [2.45, 2.75) is 34.8 Å². The monoisotopic (exact) mass is 416 g/mol. The SMILES string of the molecule is C[C@H]1Sc2ccc(S(=O)(=O)CCC(=O)N3CCc4ccccc43)cc2NC1=O. The van der Waals surface area contributed by atoms with E-state index >= 15 is 0 Å². The number of hydrogen-bond acceptors (Lipinski definition) is 5. The minimum absolute atomic E-state index is 0.0775. The molecule has 2 aromatic carbocycles.